The molecular weight excluding hydrogens is 170 g/mol. The van der Waals surface area contributed by atoms with Gasteiger partial charge in [-0.15, -0.1) is 6.58 Å². The molecule has 0 fully saturated rings. The van der Waals surface area contributed by atoms with Crippen molar-refractivity contribution in [3.05, 3.63) is 48.0 Å². The molecule has 1 nitrogen and oxygen atoms in total. The van der Waals surface area contributed by atoms with E-state index < -0.39 is 0 Å². The SMILES string of the molecule is C=C(C)C[C@](C)(N)Cc1ccccc1. The van der Waals surface area contributed by atoms with Gasteiger partial charge in [-0.25, -0.2) is 0 Å². The monoisotopic (exact) mass is 189 g/mol. The predicted octanol–water partition coefficient (Wildman–Crippen LogP) is 2.91. The van der Waals surface area contributed by atoms with Crippen molar-refractivity contribution in [2.75, 3.05) is 0 Å². The fourth-order valence-corrected chi connectivity index (χ4v) is 1.81. The van der Waals surface area contributed by atoms with Crippen LogP contribution in [0.3, 0.4) is 0 Å². The largest absolute Gasteiger partial charge is 0.325 e. The number of hydrogen-bond acceptors (Lipinski definition) is 1. The van der Waals surface area contributed by atoms with Crippen LogP contribution in [0.2, 0.25) is 0 Å². The van der Waals surface area contributed by atoms with Gasteiger partial charge in [-0.3, -0.25) is 0 Å². The summed E-state index contributed by atoms with van der Waals surface area (Å²) in [6.45, 7) is 8.00. The summed E-state index contributed by atoms with van der Waals surface area (Å²) in [6.07, 6.45) is 1.78. The van der Waals surface area contributed by atoms with E-state index in [1.54, 1.807) is 0 Å². The highest BCUT2D eigenvalue weighted by Gasteiger charge is 2.18. The highest BCUT2D eigenvalue weighted by atomic mass is 14.7. The van der Waals surface area contributed by atoms with Crippen LogP contribution in [0.5, 0.6) is 0 Å². The van der Waals surface area contributed by atoms with Crippen LogP contribution in [0.1, 0.15) is 25.8 Å². The van der Waals surface area contributed by atoms with Gasteiger partial charge < -0.3 is 5.73 Å². The maximum Gasteiger partial charge on any atom is 0.0203 e. The number of nitrogens with two attached hydrogens (primary N) is 1. The van der Waals surface area contributed by atoms with E-state index in [1.165, 1.54) is 5.56 Å². The van der Waals surface area contributed by atoms with Gasteiger partial charge in [-0.2, -0.15) is 0 Å². The topological polar surface area (TPSA) is 26.0 Å². The number of hydrogen-bond donors (Lipinski definition) is 1. The molecule has 14 heavy (non-hydrogen) atoms. The van der Waals surface area contributed by atoms with Crippen LogP contribution in [-0.4, -0.2) is 5.54 Å². The summed E-state index contributed by atoms with van der Waals surface area (Å²) in [5.74, 6) is 0. The summed E-state index contributed by atoms with van der Waals surface area (Å²) < 4.78 is 0. The van der Waals surface area contributed by atoms with Gasteiger partial charge in [0.2, 0.25) is 0 Å². The lowest BCUT2D eigenvalue weighted by atomic mass is 9.88. The first kappa shape index (κ1) is 11.0. The Morgan fingerprint density at radius 2 is 1.93 bits per heavy atom. The molecular formula is C13H19N. The molecule has 1 aromatic carbocycles. The molecule has 0 radical (unpaired) electrons. The van der Waals surface area contributed by atoms with Crippen LogP contribution in [0, 0.1) is 0 Å². The normalized spacial score (nSPS) is 14.8. The fourth-order valence-electron chi connectivity index (χ4n) is 1.81. The molecule has 0 heterocycles. The van der Waals surface area contributed by atoms with Crippen molar-refractivity contribution < 1.29 is 0 Å². The average Bonchev–Trinajstić information content (AvgIpc) is 2.02. The molecule has 76 valence electrons. The van der Waals surface area contributed by atoms with Gasteiger partial charge in [0.1, 0.15) is 0 Å². The van der Waals surface area contributed by atoms with E-state index in [2.05, 4.69) is 25.6 Å². The van der Waals surface area contributed by atoms with Gasteiger partial charge >= 0.3 is 0 Å². The molecule has 1 rings (SSSR count). The van der Waals surface area contributed by atoms with E-state index in [4.69, 9.17) is 5.73 Å². The van der Waals surface area contributed by atoms with Crippen molar-refractivity contribution in [1.82, 2.24) is 0 Å². The van der Waals surface area contributed by atoms with Crippen LogP contribution in [0.15, 0.2) is 42.5 Å². The molecule has 1 aromatic rings. The zero-order valence-electron chi connectivity index (χ0n) is 9.09. The first-order chi connectivity index (χ1) is 6.49. The average molecular weight is 189 g/mol. The Balaban J connectivity index is 2.63. The summed E-state index contributed by atoms with van der Waals surface area (Å²) in [6, 6.07) is 10.3. The minimum atomic E-state index is -0.173. The van der Waals surface area contributed by atoms with Gasteiger partial charge in [0.25, 0.3) is 0 Å². The molecule has 0 saturated heterocycles. The number of benzene rings is 1. The summed E-state index contributed by atoms with van der Waals surface area (Å²) in [5.41, 5.74) is 8.45. The molecule has 0 amide bonds. The third-order valence-electron chi connectivity index (χ3n) is 2.16. The van der Waals surface area contributed by atoms with Crippen molar-refractivity contribution in [3.63, 3.8) is 0 Å². The van der Waals surface area contributed by atoms with Crippen molar-refractivity contribution in [1.29, 1.82) is 0 Å². The van der Waals surface area contributed by atoms with E-state index >= 15 is 0 Å². The second-order valence-electron chi connectivity index (χ2n) is 4.45. The van der Waals surface area contributed by atoms with Gasteiger partial charge in [0.05, 0.1) is 0 Å². The van der Waals surface area contributed by atoms with Gasteiger partial charge in [-0.05, 0) is 32.3 Å². The van der Waals surface area contributed by atoms with Gasteiger partial charge in [0, 0.05) is 5.54 Å². The second kappa shape index (κ2) is 4.43. The van der Waals surface area contributed by atoms with E-state index in [0.717, 1.165) is 18.4 Å². The van der Waals surface area contributed by atoms with Crippen molar-refractivity contribution in [2.24, 2.45) is 5.73 Å². The van der Waals surface area contributed by atoms with Gasteiger partial charge in [0.15, 0.2) is 0 Å². The highest BCUT2D eigenvalue weighted by molar-refractivity contribution is 5.18. The molecule has 0 spiro atoms. The Hall–Kier alpha value is -1.08. The van der Waals surface area contributed by atoms with E-state index in [-0.39, 0.29) is 5.54 Å². The third kappa shape index (κ3) is 3.75. The quantitative estimate of drug-likeness (QED) is 0.724. The molecule has 0 aliphatic heterocycles. The summed E-state index contributed by atoms with van der Waals surface area (Å²) >= 11 is 0. The van der Waals surface area contributed by atoms with Crippen molar-refractivity contribution >= 4 is 0 Å². The lowest BCUT2D eigenvalue weighted by Gasteiger charge is -2.24. The Labute approximate surface area is 86.6 Å². The summed E-state index contributed by atoms with van der Waals surface area (Å²) in [5, 5.41) is 0. The molecule has 0 aliphatic carbocycles. The van der Waals surface area contributed by atoms with Crippen LogP contribution in [0.25, 0.3) is 0 Å². The van der Waals surface area contributed by atoms with E-state index in [9.17, 15) is 0 Å². The van der Waals surface area contributed by atoms with E-state index in [1.807, 2.05) is 25.1 Å². The minimum absolute atomic E-state index is 0.173. The van der Waals surface area contributed by atoms with Crippen molar-refractivity contribution in [3.8, 4) is 0 Å². The van der Waals surface area contributed by atoms with Crippen LogP contribution < -0.4 is 5.73 Å². The summed E-state index contributed by atoms with van der Waals surface area (Å²) in [4.78, 5) is 0. The first-order valence-electron chi connectivity index (χ1n) is 4.97. The maximum absolute atomic E-state index is 6.19. The molecule has 2 N–H and O–H groups in total. The molecule has 0 aromatic heterocycles. The molecule has 0 saturated carbocycles. The Kier molecular flexibility index (Phi) is 3.48. The maximum atomic E-state index is 6.19. The molecule has 0 unspecified atom stereocenters. The van der Waals surface area contributed by atoms with Crippen LogP contribution in [-0.2, 0) is 6.42 Å². The highest BCUT2D eigenvalue weighted by Crippen LogP contribution is 2.17. The second-order valence-corrected chi connectivity index (χ2v) is 4.45. The smallest absolute Gasteiger partial charge is 0.0203 e. The third-order valence-corrected chi connectivity index (χ3v) is 2.16. The van der Waals surface area contributed by atoms with Gasteiger partial charge in [-0.1, -0.05) is 35.9 Å². The molecule has 0 aliphatic rings. The first-order valence-corrected chi connectivity index (χ1v) is 4.97. The predicted molar refractivity (Wildman–Crippen MR) is 62.2 cm³/mol. The molecule has 0 bridgehead atoms. The Morgan fingerprint density at radius 3 is 2.43 bits per heavy atom. The summed E-state index contributed by atoms with van der Waals surface area (Å²) in [7, 11) is 0. The zero-order chi connectivity index (χ0) is 10.6. The Morgan fingerprint density at radius 1 is 1.36 bits per heavy atom. The fraction of sp³-hybridized carbons (Fsp3) is 0.385. The number of rotatable bonds is 4. The van der Waals surface area contributed by atoms with Crippen molar-refractivity contribution in [2.45, 2.75) is 32.2 Å². The lowest BCUT2D eigenvalue weighted by molar-refractivity contribution is 0.462. The zero-order valence-corrected chi connectivity index (χ0v) is 9.09. The molecule has 1 atom stereocenters. The van der Waals surface area contributed by atoms with Crippen LogP contribution in [0.4, 0.5) is 0 Å². The van der Waals surface area contributed by atoms with E-state index in [0.29, 0.717) is 0 Å². The Bertz CT molecular complexity index is 298. The molecule has 1 heteroatoms. The minimum Gasteiger partial charge on any atom is -0.325 e. The van der Waals surface area contributed by atoms with Crippen LogP contribution >= 0.6 is 0 Å². The lowest BCUT2D eigenvalue weighted by Crippen LogP contribution is -2.38. The standard InChI is InChI=1S/C13H19N/c1-11(2)9-13(3,14)10-12-7-5-4-6-8-12/h4-8H,1,9-10,14H2,2-3H3/t13-/m0/s1.